The van der Waals surface area contributed by atoms with Crippen LogP contribution in [0.1, 0.15) is 30.4 Å². The predicted molar refractivity (Wildman–Crippen MR) is 85.3 cm³/mol. The number of aryl methyl sites for hydroxylation is 1. The number of hydrogen-bond acceptors (Lipinski definition) is 1. The Hall–Kier alpha value is -1.80. The summed E-state index contributed by atoms with van der Waals surface area (Å²) in [6.45, 7) is 0. The molecule has 0 unspecified atom stereocenters. The Morgan fingerprint density at radius 3 is 2.52 bits per heavy atom. The van der Waals surface area contributed by atoms with E-state index < -0.39 is 0 Å². The minimum absolute atomic E-state index is 0.108. The van der Waals surface area contributed by atoms with Gasteiger partial charge in [-0.2, -0.15) is 0 Å². The molecule has 0 atom stereocenters. The highest BCUT2D eigenvalue weighted by Gasteiger charge is 2.45. The molecule has 1 amide bonds. The van der Waals surface area contributed by atoms with Crippen molar-refractivity contribution in [2.75, 3.05) is 0 Å². The highest BCUT2D eigenvalue weighted by Crippen LogP contribution is 2.46. The van der Waals surface area contributed by atoms with Gasteiger partial charge < -0.3 is 5.32 Å². The Kier molecular flexibility index (Phi) is 3.98. The molecule has 2 aromatic rings. The first-order valence-electron chi connectivity index (χ1n) is 7.29. The van der Waals surface area contributed by atoms with E-state index in [-0.39, 0.29) is 11.4 Å². The molecule has 0 saturated heterocycles. The standard InChI is InChI=1S/C18H18ClNO/c19-16-8-4-7-15(13-16)18(11-12-18)20-17(21)10-9-14-5-2-1-3-6-14/h1-8,13H,9-12H2,(H,20,21). The van der Waals surface area contributed by atoms with Gasteiger partial charge >= 0.3 is 0 Å². The highest BCUT2D eigenvalue weighted by atomic mass is 35.5. The molecule has 0 aromatic heterocycles. The first-order valence-corrected chi connectivity index (χ1v) is 7.67. The SMILES string of the molecule is O=C(CCc1ccccc1)NC1(c2cccc(Cl)c2)CC1. The topological polar surface area (TPSA) is 29.1 Å². The van der Waals surface area contributed by atoms with Crippen molar-refractivity contribution in [2.45, 2.75) is 31.2 Å². The molecule has 0 bridgehead atoms. The van der Waals surface area contributed by atoms with Crippen LogP contribution >= 0.6 is 11.6 Å². The van der Waals surface area contributed by atoms with E-state index in [4.69, 9.17) is 11.6 Å². The van der Waals surface area contributed by atoms with E-state index in [0.717, 1.165) is 29.8 Å². The van der Waals surface area contributed by atoms with Crippen molar-refractivity contribution in [3.8, 4) is 0 Å². The van der Waals surface area contributed by atoms with Gasteiger partial charge in [0.2, 0.25) is 5.91 Å². The largest absolute Gasteiger partial charge is 0.347 e. The molecule has 3 rings (SSSR count). The molecular formula is C18H18ClNO. The predicted octanol–water partition coefficient (Wildman–Crippen LogP) is 4.08. The number of benzene rings is 2. The third-order valence-corrected chi connectivity index (χ3v) is 4.22. The molecule has 1 fully saturated rings. The number of amides is 1. The average Bonchev–Trinajstić information content (AvgIpc) is 3.27. The molecule has 0 spiro atoms. The van der Waals surface area contributed by atoms with Crippen LogP contribution in [-0.4, -0.2) is 5.91 Å². The lowest BCUT2D eigenvalue weighted by Gasteiger charge is -2.18. The van der Waals surface area contributed by atoms with Crippen molar-refractivity contribution >= 4 is 17.5 Å². The van der Waals surface area contributed by atoms with Crippen molar-refractivity contribution in [3.05, 3.63) is 70.7 Å². The second-order valence-electron chi connectivity index (χ2n) is 5.63. The van der Waals surface area contributed by atoms with E-state index in [1.807, 2.05) is 42.5 Å². The molecule has 2 nitrogen and oxygen atoms in total. The fourth-order valence-corrected chi connectivity index (χ4v) is 2.82. The van der Waals surface area contributed by atoms with E-state index >= 15 is 0 Å². The van der Waals surface area contributed by atoms with Crippen LogP contribution in [0.2, 0.25) is 5.02 Å². The van der Waals surface area contributed by atoms with Gasteiger partial charge in [0.05, 0.1) is 5.54 Å². The van der Waals surface area contributed by atoms with Gasteiger partial charge in [-0.15, -0.1) is 0 Å². The zero-order chi connectivity index (χ0) is 14.7. The van der Waals surface area contributed by atoms with Crippen LogP contribution in [-0.2, 0) is 16.8 Å². The molecule has 0 heterocycles. The number of halogens is 1. The molecule has 1 saturated carbocycles. The third kappa shape index (κ3) is 3.45. The lowest BCUT2D eigenvalue weighted by Crippen LogP contribution is -2.34. The van der Waals surface area contributed by atoms with Crippen molar-refractivity contribution in [1.29, 1.82) is 0 Å². The van der Waals surface area contributed by atoms with Gasteiger partial charge in [0, 0.05) is 11.4 Å². The monoisotopic (exact) mass is 299 g/mol. The second-order valence-corrected chi connectivity index (χ2v) is 6.06. The smallest absolute Gasteiger partial charge is 0.221 e. The molecule has 2 aromatic carbocycles. The van der Waals surface area contributed by atoms with Crippen molar-refractivity contribution < 1.29 is 4.79 Å². The van der Waals surface area contributed by atoms with Crippen LogP contribution in [0.3, 0.4) is 0 Å². The number of carbonyl (C=O) groups is 1. The Morgan fingerprint density at radius 2 is 1.86 bits per heavy atom. The molecule has 0 radical (unpaired) electrons. The van der Waals surface area contributed by atoms with Crippen LogP contribution in [0.25, 0.3) is 0 Å². The van der Waals surface area contributed by atoms with Crippen LogP contribution in [0.15, 0.2) is 54.6 Å². The van der Waals surface area contributed by atoms with Gasteiger partial charge in [-0.1, -0.05) is 54.1 Å². The fourth-order valence-electron chi connectivity index (χ4n) is 2.63. The van der Waals surface area contributed by atoms with Crippen LogP contribution in [0.5, 0.6) is 0 Å². The second kappa shape index (κ2) is 5.90. The number of rotatable bonds is 5. The normalized spacial score (nSPS) is 15.5. The molecule has 108 valence electrons. The van der Waals surface area contributed by atoms with Crippen LogP contribution < -0.4 is 5.32 Å². The van der Waals surface area contributed by atoms with Gasteiger partial charge in [-0.25, -0.2) is 0 Å². The molecule has 1 N–H and O–H groups in total. The van der Waals surface area contributed by atoms with Crippen molar-refractivity contribution in [2.24, 2.45) is 0 Å². The minimum Gasteiger partial charge on any atom is -0.347 e. The summed E-state index contributed by atoms with van der Waals surface area (Å²) in [6, 6.07) is 17.9. The van der Waals surface area contributed by atoms with Crippen molar-refractivity contribution in [1.82, 2.24) is 5.32 Å². The molecule has 1 aliphatic rings. The van der Waals surface area contributed by atoms with Gasteiger partial charge in [0.1, 0.15) is 0 Å². The zero-order valence-electron chi connectivity index (χ0n) is 11.8. The average molecular weight is 300 g/mol. The summed E-state index contributed by atoms with van der Waals surface area (Å²) < 4.78 is 0. The summed E-state index contributed by atoms with van der Waals surface area (Å²) in [5.41, 5.74) is 2.13. The Balaban J connectivity index is 1.60. The summed E-state index contributed by atoms with van der Waals surface area (Å²) in [6.07, 6.45) is 3.28. The molecule has 3 heteroatoms. The zero-order valence-corrected chi connectivity index (χ0v) is 12.6. The lowest BCUT2D eigenvalue weighted by molar-refractivity contribution is -0.122. The van der Waals surface area contributed by atoms with Crippen molar-refractivity contribution in [3.63, 3.8) is 0 Å². The summed E-state index contributed by atoms with van der Waals surface area (Å²) in [7, 11) is 0. The maximum atomic E-state index is 12.2. The van der Waals surface area contributed by atoms with Gasteiger partial charge in [0.15, 0.2) is 0 Å². The summed E-state index contributed by atoms with van der Waals surface area (Å²) in [5.74, 6) is 0.108. The first kappa shape index (κ1) is 14.2. The van der Waals surface area contributed by atoms with Gasteiger partial charge in [0.25, 0.3) is 0 Å². The maximum absolute atomic E-state index is 12.2. The van der Waals surface area contributed by atoms with E-state index in [1.165, 1.54) is 5.56 Å². The molecule has 21 heavy (non-hydrogen) atoms. The van der Waals surface area contributed by atoms with Crippen LogP contribution in [0, 0.1) is 0 Å². The summed E-state index contributed by atoms with van der Waals surface area (Å²) in [5, 5.41) is 3.90. The van der Waals surface area contributed by atoms with E-state index in [0.29, 0.717) is 6.42 Å². The van der Waals surface area contributed by atoms with E-state index in [1.54, 1.807) is 0 Å². The fraction of sp³-hybridized carbons (Fsp3) is 0.278. The molecular weight excluding hydrogens is 282 g/mol. The Morgan fingerprint density at radius 1 is 1.10 bits per heavy atom. The highest BCUT2D eigenvalue weighted by molar-refractivity contribution is 6.30. The quantitative estimate of drug-likeness (QED) is 0.885. The maximum Gasteiger partial charge on any atom is 0.221 e. The van der Waals surface area contributed by atoms with Gasteiger partial charge in [-0.05, 0) is 42.5 Å². The summed E-state index contributed by atoms with van der Waals surface area (Å²) in [4.78, 5) is 12.2. The van der Waals surface area contributed by atoms with E-state index in [2.05, 4.69) is 17.4 Å². The third-order valence-electron chi connectivity index (χ3n) is 3.99. The Bertz CT molecular complexity index is 635. The number of hydrogen-bond donors (Lipinski definition) is 1. The summed E-state index contributed by atoms with van der Waals surface area (Å²) >= 11 is 6.04. The van der Waals surface area contributed by atoms with Gasteiger partial charge in [-0.3, -0.25) is 4.79 Å². The van der Waals surface area contributed by atoms with Crippen LogP contribution in [0.4, 0.5) is 0 Å². The minimum atomic E-state index is -0.182. The number of nitrogens with one attached hydrogen (secondary N) is 1. The molecule has 1 aliphatic carbocycles. The van der Waals surface area contributed by atoms with E-state index in [9.17, 15) is 4.79 Å². The number of carbonyl (C=O) groups excluding carboxylic acids is 1. The lowest BCUT2D eigenvalue weighted by atomic mass is 10.0. The Labute approximate surface area is 130 Å². The first-order chi connectivity index (χ1) is 10.2. The molecule has 0 aliphatic heterocycles.